The third kappa shape index (κ3) is 2.00. The molecule has 2 rings (SSSR count). The topological polar surface area (TPSA) is 32.3 Å². The minimum absolute atomic E-state index is 0.0617. The zero-order chi connectivity index (χ0) is 11.7. The fourth-order valence-electron chi connectivity index (χ4n) is 2.01. The molecule has 0 unspecified atom stereocenters. The van der Waals surface area contributed by atoms with E-state index in [1.54, 1.807) is 11.8 Å². The van der Waals surface area contributed by atoms with Crippen molar-refractivity contribution in [1.82, 2.24) is 0 Å². The van der Waals surface area contributed by atoms with E-state index in [1.165, 1.54) is 0 Å². The fourth-order valence-corrected chi connectivity index (χ4v) is 2.35. The lowest BCUT2D eigenvalue weighted by molar-refractivity contribution is -0.116. The Morgan fingerprint density at radius 3 is 2.94 bits per heavy atom. The van der Waals surface area contributed by atoms with Crippen LogP contribution in [-0.2, 0) is 4.79 Å². The number of carbonyl (C=O) groups is 1. The van der Waals surface area contributed by atoms with E-state index in [4.69, 9.17) is 11.6 Å². The average Bonchev–Trinajstić information content (AvgIpc) is 2.39. The van der Waals surface area contributed by atoms with Gasteiger partial charge in [0.1, 0.15) is 0 Å². The first-order chi connectivity index (χ1) is 7.59. The number of benzene rings is 1. The van der Waals surface area contributed by atoms with E-state index in [1.807, 2.05) is 19.1 Å². The maximum atomic E-state index is 11.6. The van der Waals surface area contributed by atoms with E-state index in [0.717, 1.165) is 36.4 Å². The van der Waals surface area contributed by atoms with Crippen LogP contribution in [0.25, 0.3) is 0 Å². The molecular formula is C12H15ClN2O. The van der Waals surface area contributed by atoms with E-state index in [2.05, 4.69) is 5.32 Å². The molecule has 1 amide bonds. The predicted molar refractivity (Wildman–Crippen MR) is 67.3 cm³/mol. The SMILES string of the molecule is CC(=O)N1CCCNc2c(Cl)cc(C)cc21. The van der Waals surface area contributed by atoms with E-state index in [9.17, 15) is 4.79 Å². The lowest BCUT2D eigenvalue weighted by Crippen LogP contribution is -2.29. The van der Waals surface area contributed by atoms with Crippen molar-refractivity contribution < 1.29 is 4.79 Å². The molecule has 0 saturated heterocycles. The summed E-state index contributed by atoms with van der Waals surface area (Å²) in [5.74, 6) is 0.0617. The maximum Gasteiger partial charge on any atom is 0.223 e. The van der Waals surface area contributed by atoms with Gasteiger partial charge in [-0.05, 0) is 31.0 Å². The van der Waals surface area contributed by atoms with Crippen LogP contribution in [0.3, 0.4) is 0 Å². The largest absolute Gasteiger partial charge is 0.382 e. The standard InChI is InChI=1S/C12H15ClN2O/c1-8-6-10(13)12-11(7-8)15(9(2)16)5-3-4-14-12/h6-7,14H,3-5H2,1-2H3. The van der Waals surface area contributed by atoms with Crippen molar-refractivity contribution in [1.29, 1.82) is 0 Å². The summed E-state index contributed by atoms with van der Waals surface area (Å²) in [7, 11) is 0. The van der Waals surface area contributed by atoms with Crippen LogP contribution in [0.15, 0.2) is 12.1 Å². The smallest absolute Gasteiger partial charge is 0.223 e. The molecule has 3 nitrogen and oxygen atoms in total. The summed E-state index contributed by atoms with van der Waals surface area (Å²) < 4.78 is 0. The third-order valence-corrected chi connectivity index (χ3v) is 3.04. The number of nitrogens with one attached hydrogen (secondary N) is 1. The molecule has 86 valence electrons. The Balaban J connectivity index is 2.55. The van der Waals surface area contributed by atoms with Gasteiger partial charge in [-0.1, -0.05) is 11.6 Å². The molecule has 1 aliphatic rings. The molecule has 1 N–H and O–H groups in total. The van der Waals surface area contributed by atoms with Crippen molar-refractivity contribution >= 4 is 28.9 Å². The Morgan fingerprint density at radius 2 is 2.25 bits per heavy atom. The van der Waals surface area contributed by atoms with E-state index >= 15 is 0 Å². The molecule has 1 heterocycles. The zero-order valence-electron chi connectivity index (χ0n) is 9.51. The van der Waals surface area contributed by atoms with Crippen LogP contribution in [0, 0.1) is 6.92 Å². The number of hydrogen-bond donors (Lipinski definition) is 1. The van der Waals surface area contributed by atoms with Crippen molar-refractivity contribution in [3.63, 3.8) is 0 Å². The third-order valence-electron chi connectivity index (χ3n) is 2.74. The van der Waals surface area contributed by atoms with E-state index < -0.39 is 0 Å². The molecule has 0 radical (unpaired) electrons. The first kappa shape index (κ1) is 11.3. The van der Waals surface area contributed by atoms with Gasteiger partial charge in [-0.3, -0.25) is 4.79 Å². The number of halogens is 1. The van der Waals surface area contributed by atoms with Crippen molar-refractivity contribution in [3.8, 4) is 0 Å². The minimum Gasteiger partial charge on any atom is -0.382 e. The summed E-state index contributed by atoms with van der Waals surface area (Å²) in [6, 6.07) is 3.91. The monoisotopic (exact) mass is 238 g/mol. The number of anilines is 2. The van der Waals surface area contributed by atoms with Crippen molar-refractivity contribution in [3.05, 3.63) is 22.7 Å². The average molecular weight is 239 g/mol. The van der Waals surface area contributed by atoms with Crippen molar-refractivity contribution in [2.75, 3.05) is 23.3 Å². The van der Waals surface area contributed by atoms with Gasteiger partial charge in [0.25, 0.3) is 0 Å². The minimum atomic E-state index is 0.0617. The van der Waals surface area contributed by atoms with Gasteiger partial charge in [-0.15, -0.1) is 0 Å². The number of rotatable bonds is 0. The molecule has 16 heavy (non-hydrogen) atoms. The van der Waals surface area contributed by atoms with E-state index in [-0.39, 0.29) is 5.91 Å². The zero-order valence-corrected chi connectivity index (χ0v) is 10.3. The summed E-state index contributed by atoms with van der Waals surface area (Å²) in [5.41, 5.74) is 2.84. The van der Waals surface area contributed by atoms with Crippen LogP contribution >= 0.6 is 11.6 Å². The summed E-state index contributed by atoms with van der Waals surface area (Å²) in [6.07, 6.45) is 0.934. The molecule has 0 aliphatic carbocycles. The van der Waals surface area contributed by atoms with Crippen LogP contribution in [0.2, 0.25) is 5.02 Å². The molecule has 1 aliphatic heterocycles. The Morgan fingerprint density at radius 1 is 1.50 bits per heavy atom. The Labute approximate surface area is 100 Å². The van der Waals surface area contributed by atoms with Gasteiger partial charge in [0.15, 0.2) is 0 Å². The quantitative estimate of drug-likeness (QED) is 0.754. The Hall–Kier alpha value is -1.22. The second-order valence-corrected chi connectivity index (χ2v) is 4.50. The Kier molecular flexibility index (Phi) is 3.06. The maximum absolute atomic E-state index is 11.6. The Bertz CT molecular complexity index is 431. The number of amides is 1. The molecular weight excluding hydrogens is 224 g/mol. The highest BCUT2D eigenvalue weighted by Crippen LogP contribution is 2.36. The van der Waals surface area contributed by atoms with Gasteiger partial charge < -0.3 is 10.2 Å². The van der Waals surface area contributed by atoms with Crippen LogP contribution in [0.5, 0.6) is 0 Å². The predicted octanol–water partition coefficient (Wildman–Crippen LogP) is 2.82. The number of carbonyl (C=O) groups excluding carboxylic acids is 1. The van der Waals surface area contributed by atoms with Gasteiger partial charge in [0.05, 0.1) is 16.4 Å². The molecule has 1 aromatic rings. The number of nitrogens with zero attached hydrogens (tertiary/aromatic N) is 1. The number of hydrogen-bond acceptors (Lipinski definition) is 2. The molecule has 0 spiro atoms. The lowest BCUT2D eigenvalue weighted by atomic mass is 10.1. The van der Waals surface area contributed by atoms with Gasteiger partial charge in [-0.2, -0.15) is 0 Å². The van der Waals surface area contributed by atoms with Crippen LogP contribution in [-0.4, -0.2) is 19.0 Å². The normalized spacial score (nSPS) is 15.1. The first-order valence-corrected chi connectivity index (χ1v) is 5.79. The summed E-state index contributed by atoms with van der Waals surface area (Å²) in [4.78, 5) is 13.4. The summed E-state index contributed by atoms with van der Waals surface area (Å²) >= 11 is 6.19. The molecule has 0 fully saturated rings. The van der Waals surface area contributed by atoms with Crippen LogP contribution in [0.4, 0.5) is 11.4 Å². The number of aryl methyl sites for hydroxylation is 1. The molecule has 0 aromatic heterocycles. The van der Waals surface area contributed by atoms with Gasteiger partial charge in [-0.25, -0.2) is 0 Å². The van der Waals surface area contributed by atoms with E-state index in [0.29, 0.717) is 5.02 Å². The summed E-state index contributed by atoms with van der Waals surface area (Å²) in [6.45, 7) is 5.16. The van der Waals surface area contributed by atoms with Gasteiger partial charge >= 0.3 is 0 Å². The molecule has 4 heteroatoms. The molecule has 0 saturated carbocycles. The molecule has 0 atom stereocenters. The molecule has 1 aromatic carbocycles. The second kappa shape index (κ2) is 4.34. The molecule has 0 bridgehead atoms. The first-order valence-electron chi connectivity index (χ1n) is 5.41. The van der Waals surface area contributed by atoms with Crippen molar-refractivity contribution in [2.24, 2.45) is 0 Å². The lowest BCUT2D eigenvalue weighted by Gasteiger charge is -2.21. The highest BCUT2D eigenvalue weighted by Gasteiger charge is 2.20. The van der Waals surface area contributed by atoms with Gasteiger partial charge in [0.2, 0.25) is 5.91 Å². The summed E-state index contributed by atoms with van der Waals surface area (Å²) in [5, 5.41) is 3.96. The van der Waals surface area contributed by atoms with Crippen molar-refractivity contribution in [2.45, 2.75) is 20.3 Å². The van der Waals surface area contributed by atoms with Crippen LogP contribution in [0.1, 0.15) is 18.9 Å². The van der Waals surface area contributed by atoms with Crippen LogP contribution < -0.4 is 10.2 Å². The second-order valence-electron chi connectivity index (χ2n) is 4.09. The highest BCUT2D eigenvalue weighted by atomic mass is 35.5. The van der Waals surface area contributed by atoms with Gasteiger partial charge in [0, 0.05) is 20.0 Å². The highest BCUT2D eigenvalue weighted by molar-refractivity contribution is 6.34. The number of fused-ring (bicyclic) bond motifs is 1. The fraction of sp³-hybridized carbons (Fsp3) is 0.417.